The first-order chi connectivity index (χ1) is 11.9. The molecule has 130 valence electrons. The molecule has 0 aliphatic heterocycles. The van der Waals surface area contributed by atoms with Gasteiger partial charge < -0.3 is 0 Å². The van der Waals surface area contributed by atoms with Crippen molar-refractivity contribution in [3.05, 3.63) is 62.0 Å². The Morgan fingerprint density at radius 3 is 2.52 bits per heavy atom. The van der Waals surface area contributed by atoms with E-state index < -0.39 is 0 Å². The van der Waals surface area contributed by atoms with Crippen molar-refractivity contribution in [1.29, 1.82) is 0 Å². The molecule has 0 spiro atoms. The van der Waals surface area contributed by atoms with Crippen LogP contribution in [0.25, 0.3) is 10.2 Å². The van der Waals surface area contributed by atoms with Gasteiger partial charge in [-0.05, 0) is 43.5 Å². The maximum atomic E-state index is 12.9. The van der Waals surface area contributed by atoms with Gasteiger partial charge in [-0.15, -0.1) is 11.3 Å². The fraction of sp³-hybridized carbons (Fsp3) is 0.350. The Balaban J connectivity index is 2.05. The lowest BCUT2D eigenvalue weighted by Gasteiger charge is -2.11. The summed E-state index contributed by atoms with van der Waals surface area (Å²) in [5.41, 5.74) is 2.75. The van der Waals surface area contributed by atoms with Crippen LogP contribution in [0.5, 0.6) is 0 Å². The van der Waals surface area contributed by atoms with E-state index >= 15 is 0 Å². The van der Waals surface area contributed by atoms with Crippen molar-refractivity contribution >= 4 is 27.3 Å². The first-order valence-electron chi connectivity index (χ1n) is 8.57. The smallest absolute Gasteiger partial charge is 0.262 e. The number of benzene rings is 1. The van der Waals surface area contributed by atoms with E-state index in [4.69, 9.17) is 0 Å². The van der Waals surface area contributed by atoms with Crippen molar-refractivity contribution in [2.75, 3.05) is 0 Å². The van der Waals surface area contributed by atoms with Crippen LogP contribution in [0.15, 0.2) is 29.1 Å². The Labute approximate surface area is 151 Å². The van der Waals surface area contributed by atoms with Gasteiger partial charge in [-0.25, -0.2) is 4.98 Å². The number of Topliss-reactive ketones (excluding diaryl/α,β-unsaturated/α-hetero) is 1. The average Bonchev–Trinajstić information content (AvgIpc) is 3.03. The molecule has 5 heteroatoms. The Kier molecular flexibility index (Phi) is 4.86. The van der Waals surface area contributed by atoms with Crippen LogP contribution < -0.4 is 5.56 Å². The van der Waals surface area contributed by atoms with Crippen molar-refractivity contribution in [3.63, 3.8) is 0 Å². The predicted molar refractivity (Wildman–Crippen MR) is 103 cm³/mol. The lowest BCUT2D eigenvalue weighted by Crippen LogP contribution is -2.28. The number of nitrogens with zero attached hydrogens (tertiary/aromatic N) is 2. The van der Waals surface area contributed by atoms with Crippen molar-refractivity contribution in [2.24, 2.45) is 0 Å². The van der Waals surface area contributed by atoms with E-state index in [0.717, 1.165) is 27.3 Å². The van der Waals surface area contributed by atoms with Crippen molar-refractivity contribution in [2.45, 2.75) is 47.1 Å². The molecule has 1 aromatic carbocycles. The van der Waals surface area contributed by atoms with Gasteiger partial charge in [-0.1, -0.05) is 26.0 Å². The van der Waals surface area contributed by atoms with E-state index in [0.29, 0.717) is 23.2 Å². The third kappa shape index (κ3) is 3.29. The summed E-state index contributed by atoms with van der Waals surface area (Å²) in [6, 6.07) is 7.57. The molecule has 0 aliphatic carbocycles. The highest BCUT2D eigenvalue weighted by atomic mass is 32.1. The first kappa shape index (κ1) is 17.5. The minimum Gasteiger partial charge on any atom is -0.292 e. The molecule has 0 amide bonds. The summed E-state index contributed by atoms with van der Waals surface area (Å²) in [5, 5.41) is 0.618. The minimum absolute atomic E-state index is 0.0325. The number of thiophene rings is 1. The van der Waals surface area contributed by atoms with Gasteiger partial charge in [-0.2, -0.15) is 0 Å². The second-order valence-electron chi connectivity index (χ2n) is 6.28. The van der Waals surface area contributed by atoms with E-state index in [1.807, 2.05) is 45.0 Å². The lowest BCUT2D eigenvalue weighted by molar-refractivity contribution is 0.0969. The summed E-state index contributed by atoms with van der Waals surface area (Å²) >= 11 is 1.56. The van der Waals surface area contributed by atoms with E-state index in [2.05, 4.69) is 11.9 Å². The molecule has 0 saturated heterocycles. The zero-order chi connectivity index (χ0) is 18.1. The highest BCUT2D eigenvalue weighted by molar-refractivity contribution is 7.18. The molecule has 3 rings (SSSR count). The van der Waals surface area contributed by atoms with Crippen LogP contribution in [0.3, 0.4) is 0 Å². The van der Waals surface area contributed by atoms with Crippen LogP contribution in [0.2, 0.25) is 0 Å². The monoisotopic (exact) mass is 354 g/mol. The van der Waals surface area contributed by atoms with Crippen LogP contribution in [-0.4, -0.2) is 15.3 Å². The highest BCUT2D eigenvalue weighted by Gasteiger charge is 2.16. The lowest BCUT2D eigenvalue weighted by atomic mass is 10.0. The number of ketones is 1. The molecule has 2 heterocycles. The van der Waals surface area contributed by atoms with Gasteiger partial charge in [-0.3, -0.25) is 14.2 Å². The predicted octanol–water partition coefficient (Wildman–Crippen LogP) is 4.08. The summed E-state index contributed by atoms with van der Waals surface area (Å²) in [6.07, 6.45) is 1.49. The number of hydrogen-bond donors (Lipinski definition) is 0. The summed E-state index contributed by atoms with van der Waals surface area (Å²) < 4.78 is 1.53. The maximum absolute atomic E-state index is 12.9. The molecule has 0 N–H and O–H groups in total. The molecule has 0 bridgehead atoms. The average molecular weight is 354 g/mol. The number of aromatic nitrogens is 2. The second-order valence-corrected chi connectivity index (χ2v) is 7.40. The van der Waals surface area contributed by atoms with Gasteiger partial charge in [0.2, 0.25) is 0 Å². The van der Waals surface area contributed by atoms with Gasteiger partial charge in [0.05, 0.1) is 11.9 Å². The minimum atomic E-state index is -0.116. The molecule has 25 heavy (non-hydrogen) atoms. The topological polar surface area (TPSA) is 52.0 Å². The molecule has 0 unspecified atom stereocenters. The fourth-order valence-corrected chi connectivity index (χ4v) is 3.84. The van der Waals surface area contributed by atoms with E-state index in [-0.39, 0.29) is 17.9 Å². The van der Waals surface area contributed by atoms with Crippen molar-refractivity contribution in [1.82, 2.24) is 9.55 Å². The van der Waals surface area contributed by atoms with Gasteiger partial charge in [0.15, 0.2) is 5.78 Å². The quantitative estimate of drug-likeness (QED) is 0.649. The van der Waals surface area contributed by atoms with Gasteiger partial charge in [0.1, 0.15) is 10.7 Å². The van der Waals surface area contributed by atoms with Gasteiger partial charge in [0.25, 0.3) is 5.56 Å². The normalized spacial score (nSPS) is 11.2. The van der Waals surface area contributed by atoms with Gasteiger partial charge in [0, 0.05) is 16.9 Å². The van der Waals surface area contributed by atoms with Gasteiger partial charge >= 0.3 is 0 Å². The number of aryl methyl sites for hydroxylation is 4. The largest absolute Gasteiger partial charge is 0.292 e. The first-order valence-corrected chi connectivity index (χ1v) is 9.38. The third-order valence-electron chi connectivity index (χ3n) is 4.58. The summed E-state index contributed by atoms with van der Waals surface area (Å²) in [5.74, 6) is 0.603. The Hall–Kier alpha value is -2.27. The number of fused-ring (bicyclic) bond motifs is 1. The van der Waals surface area contributed by atoms with E-state index in [1.165, 1.54) is 4.57 Å². The van der Waals surface area contributed by atoms with Crippen molar-refractivity contribution < 1.29 is 4.79 Å². The molecular formula is C20H22N2O2S. The summed E-state index contributed by atoms with van der Waals surface area (Å²) in [7, 11) is 0. The molecule has 4 nitrogen and oxygen atoms in total. The van der Waals surface area contributed by atoms with E-state index in [1.54, 1.807) is 11.3 Å². The Morgan fingerprint density at radius 2 is 1.88 bits per heavy atom. The molecule has 0 fully saturated rings. The molecule has 0 atom stereocenters. The molecule has 3 aromatic rings. The standard InChI is InChI=1S/C20H22N2O2S/c1-5-15-10-16-19(25-15)21-18(6-2)22(20(16)24)11-17(23)14-8-7-12(3)13(4)9-14/h7-10H,5-6,11H2,1-4H3. The molecule has 2 aromatic heterocycles. The zero-order valence-corrected chi connectivity index (χ0v) is 15.9. The molecule has 0 saturated carbocycles. The van der Waals surface area contributed by atoms with Crippen molar-refractivity contribution in [3.8, 4) is 0 Å². The fourth-order valence-electron chi connectivity index (χ4n) is 2.86. The van der Waals surface area contributed by atoms with Crippen LogP contribution in [0.4, 0.5) is 0 Å². The Morgan fingerprint density at radius 1 is 1.12 bits per heavy atom. The number of carbonyl (C=O) groups is 1. The molecule has 0 aliphatic rings. The van der Waals surface area contributed by atoms with Crippen LogP contribution >= 0.6 is 11.3 Å². The zero-order valence-electron chi connectivity index (χ0n) is 15.0. The number of carbonyl (C=O) groups excluding carboxylic acids is 1. The Bertz CT molecular complexity index is 1010. The van der Waals surface area contributed by atoms with Crippen LogP contribution in [-0.2, 0) is 19.4 Å². The number of rotatable bonds is 5. The molecule has 0 radical (unpaired) electrons. The summed E-state index contributed by atoms with van der Waals surface area (Å²) in [4.78, 5) is 32.2. The van der Waals surface area contributed by atoms with E-state index in [9.17, 15) is 9.59 Å². The second kappa shape index (κ2) is 6.92. The van der Waals surface area contributed by atoms with Crippen LogP contribution in [0.1, 0.15) is 46.0 Å². The maximum Gasteiger partial charge on any atom is 0.262 e. The number of hydrogen-bond acceptors (Lipinski definition) is 4. The highest BCUT2D eigenvalue weighted by Crippen LogP contribution is 2.22. The summed E-state index contributed by atoms with van der Waals surface area (Å²) in [6.45, 7) is 8.06. The third-order valence-corrected chi connectivity index (χ3v) is 5.75. The van der Waals surface area contributed by atoms with Crippen LogP contribution in [0, 0.1) is 13.8 Å². The molecular weight excluding hydrogens is 332 g/mol. The SMILES string of the molecule is CCc1cc2c(=O)n(CC(=O)c3ccc(C)c(C)c3)c(CC)nc2s1.